The van der Waals surface area contributed by atoms with Gasteiger partial charge in [0.15, 0.2) is 6.10 Å². The smallest absolute Gasteiger partial charge is 0.306 e. The lowest BCUT2D eigenvalue weighted by atomic mass is 10.1. The number of rotatable bonds is 39. The standard InChI is InChI=1S/C43H82O5/c1-4-7-10-13-16-18-19-20-21-22-23-24-25-26-28-30-33-36-42(44)47-40-41(39-46-38-35-32-29-17-14-11-8-5-2)48-43(45)37-34-31-27-15-12-9-6-3/h20-21,41H,4-19,22-40H2,1-3H3/b21-20-. The molecule has 0 aromatic carbocycles. The van der Waals surface area contributed by atoms with Crippen molar-refractivity contribution in [1.82, 2.24) is 0 Å². The van der Waals surface area contributed by atoms with Gasteiger partial charge in [0.1, 0.15) is 6.61 Å². The first-order valence-electron chi connectivity index (χ1n) is 21.2. The van der Waals surface area contributed by atoms with Gasteiger partial charge in [0.2, 0.25) is 0 Å². The molecule has 1 unspecified atom stereocenters. The van der Waals surface area contributed by atoms with Crippen LogP contribution >= 0.6 is 0 Å². The molecule has 0 saturated heterocycles. The van der Waals surface area contributed by atoms with Crippen LogP contribution in [0.3, 0.4) is 0 Å². The molecule has 1 atom stereocenters. The lowest BCUT2D eigenvalue weighted by molar-refractivity contribution is -0.163. The molecule has 0 bridgehead atoms. The molecule has 0 rings (SSSR count). The zero-order chi connectivity index (χ0) is 35.0. The Morgan fingerprint density at radius 2 is 0.812 bits per heavy atom. The SMILES string of the molecule is CCCCCCCC/C=C\CCCCCCCCCC(=O)OCC(COCCCCCCCCCC)OC(=O)CCCCCCCCC. The third-order valence-electron chi connectivity index (χ3n) is 9.30. The number of ether oxygens (including phenoxy) is 3. The topological polar surface area (TPSA) is 61.8 Å². The average molecular weight is 679 g/mol. The lowest BCUT2D eigenvalue weighted by Gasteiger charge is -2.18. The molecule has 0 radical (unpaired) electrons. The predicted octanol–water partition coefficient (Wildman–Crippen LogP) is 13.6. The molecule has 0 spiro atoms. The van der Waals surface area contributed by atoms with Gasteiger partial charge >= 0.3 is 11.9 Å². The molecule has 284 valence electrons. The second-order valence-electron chi connectivity index (χ2n) is 14.3. The van der Waals surface area contributed by atoms with Crippen LogP contribution in [-0.2, 0) is 23.8 Å². The van der Waals surface area contributed by atoms with Gasteiger partial charge in [0.05, 0.1) is 6.61 Å². The third-order valence-corrected chi connectivity index (χ3v) is 9.30. The van der Waals surface area contributed by atoms with Crippen molar-refractivity contribution in [2.24, 2.45) is 0 Å². The number of esters is 2. The minimum atomic E-state index is -0.523. The summed E-state index contributed by atoms with van der Waals surface area (Å²) in [5.41, 5.74) is 0. The summed E-state index contributed by atoms with van der Waals surface area (Å²) >= 11 is 0. The summed E-state index contributed by atoms with van der Waals surface area (Å²) in [5, 5.41) is 0. The maximum atomic E-state index is 12.5. The lowest BCUT2D eigenvalue weighted by Crippen LogP contribution is -2.30. The van der Waals surface area contributed by atoms with Crippen LogP contribution in [0.4, 0.5) is 0 Å². The van der Waals surface area contributed by atoms with E-state index >= 15 is 0 Å². The van der Waals surface area contributed by atoms with E-state index in [2.05, 4.69) is 32.9 Å². The van der Waals surface area contributed by atoms with Gasteiger partial charge in [-0.2, -0.15) is 0 Å². The largest absolute Gasteiger partial charge is 0.462 e. The monoisotopic (exact) mass is 679 g/mol. The van der Waals surface area contributed by atoms with E-state index in [0.29, 0.717) is 26.1 Å². The van der Waals surface area contributed by atoms with Gasteiger partial charge < -0.3 is 14.2 Å². The first-order chi connectivity index (χ1) is 23.6. The molecule has 0 aromatic rings. The summed E-state index contributed by atoms with van der Waals surface area (Å²) < 4.78 is 17.2. The highest BCUT2D eigenvalue weighted by atomic mass is 16.6. The molecule has 0 aromatic heterocycles. The fourth-order valence-corrected chi connectivity index (χ4v) is 6.09. The van der Waals surface area contributed by atoms with Gasteiger partial charge in [-0.3, -0.25) is 9.59 Å². The van der Waals surface area contributed by atoms with E-state index in [9.17, 15) is 9.59 Å². The molecule has 5 nitrogen and oxygen atoms in total. The number of carbonyl (C=O) groups is 2. The minimum Gasteiger partial charge on any atom is -0.462 e. The Morgan fingerprint density at radius 1 is 0.438 bits per heavy atom. The van der Waals surface area contributed by atoms with Crippen molar-refractivity contribution in [2.75, 3.05) is 19.8 Å². The molecular formula is C43H82O5. The third kappa shape index (κ3) is 37.5. The highest BCUT2D eigenvalue weighted by molar-refractivity contribution is 5.70. The van der Waals surface area contributed by atoms with Crippen LogP contribution in [0.5, 0.6) is 0 Å². The second-order valence-corrected chi connectivity index (χ2v) is 14.3. The fraction of sp³-hybridized carbons (Fsp3) is 0.907. The summed E-state index contributed by atoms with van der Waals surface area (Å²) in [7, 11) is 0. The summed E-state index contributed by atoms with van der Waals surface area (Å²) in [6.07, 6.45) is 42.1. The number of carbonyl (C=O) groups excluding carboxylic acids is 2. The molecule has 0 aliphatic rings. The quantitative estimate of drug-likeness (QED) is 0.0368. The molecule has 0 saturated carbocycles. The van der Waals surface area contributed by atoms with Crippen molar-refractivity contribution in [2.45, 2.75) is 232 Å². The summed E-state index contributed by atoms with van der Waals surface area (Å²) in [6, 6.07) is 0. The Balaban J connectivity index is 4.06. The van der Waals surface area contributed by atoms with Crippen LogP contribution in [0.15, 0.2) is 12.2 Å². The van der Waals surface area contributed by atoms with Gasteiger partial charge in [0, 0.05) is 19.4 Å². The first kappa shape index (κ1) is 46.6. The maximum Gasteiger partial charge on any atom is 0.306 e. The van der Waals surface area contributed by atoms with Crippen molar-refractivity contribution in [3.05, 3.63) is 12.2 Å². The molecule has 5 heteroatoms. The van der Waals surface area contributed by atoms with E-state index in [-0.39, 0.29) is 18.5 Å². The second kappa shape index (κ2) is 40.1. The van der Waals surface area contributed by atoms with Crippen LogP contribution in [0.2, 0.25) is 0 Å². The summed E-state index contributed by atoms with van der Waals surface area (Å²) in [4.78, 5) is 25.0. The summed E-state index contributed by atoms with van der Waals surface area (Å²) in [5.74, 6) is -0.400. The number of allylic oxidation sites excluding steroid dienone is 2. The van der Waals surface area contributed by atoms with E-state index in [1.807, 2.05) is 0 Å². The van der Waals surface area contributed by atoms with Crippen LogP contribution in [0.25, 0.3) is 0 Å². The number of hydrogen-bond acceptors (Lipinski definition) is 5. The molecule has 0 aliphatic carbocycles. The molecule has 0 heterocycles. The highest BCUT2D eigenvalue weighted by Crippen LogP contribution is 2.14. The molecule has 48 heavy (non-hydrogen) atoms. The van der Waals surface area contributed by atoms with E-state index in [0.717, 1.165) is 32.1 Å². The highest BCUT2D eigenvalue weighted by Gasteiger charge is 2.17. The summed E-state index contributed by atoms with van der Waals surface area (Å²) in [6.45, 7) is 7.79. The molecule has 0 aliphatic heterocycles. The van der Waals surface area contributed by atoms with Gasteiger partial charge in [-0.15, -0.1) is 0 Å². The Bertz CT molecular complexity index is 691. The minimum absolute atomic E-state index is 0.0897. The van der Waals surface area contributed by atoms with Crippen molar-refractivity contribution in [1.29, 1.82) is 0 Å². The maximum absolute atomic E-state index is 12.5. The normalized spacial score (nSPS) is 12.1. The van der Waals surface area contributed by atoms with E-state index < -0.39 is 6.10 Å². The van der Waals surface area contributed by atoms with Crippen molar-refractivity contribution < 1.29 is 23.8 Å². The average Bonchev–Trinajstić information content (AvgIpc) is 3.08. The Labute approximate surface area is 299 Å². The zero-order valence-electron chi connectivity index (χ0n) is 32.5. The Hall–Kier alpha value is -1.36. The Kier molecular flexibility index (Phi) is 38.9. The van der Waals surface area contributed by atoms with Crippen LogP contribution in [-0.4, -0.2) is 37.9 Å². The molecule has 0 amide bonds. The molecular weight excluding hydrogens is 596 g/mol. The van der Waals surface area contributed by atoms with Crippen LogP contribution in [0, 0.1) is 0 Å². The van der Waals surface area contributed by atoms with E-state index in [1.54, 1.807) is 0 Å². The van der Waals surface area contributed by atoms with Gasteiger partial charge in [0.25, 0.3) is 0 Å². The Morgan fingerprint density at radius 3 is 1.27 bits per heavy atom. The van der Waals surface area contributed by atoms with E-state index in [4.69, 9.17) is 14.2 Å². The number of unbranched alkanes of at least 4 members (excludes halogenated alkanes) is 26. The van der Waals surface area contributed by atoms with Crippen molar-refractivity contribution >= 4 is 11.9 Å². The molecule has 0 fully saturated rings. The van der Waals surface area contributed by atoms with Gasteiger partial charge in [-0.1, -0.05) is 181 Å². The van der Waals surface area contributed by atoms with E-state index in [1.165, 1.54) is 161 Å². The zero-order valence-corrected chi connectivity index (χ0v) is 32.5. The molecule has 0 N–H and O–H groups in total. The first-order valence-corrected chi connectivity index (χ1v) is 21.2. The van der Waals surface area contributed by atoms with Gasteiger partial charge in [-0.05, 0) is 44.9 Å². The van der Waals surface area contributed by atoms with Crippen molar-refractivity contribution in [3.8, 4) is 0 Å². The van der Waals surface area contributed by atoms with Crippen LogP contribution in [0.1, 0.15) is 226 Å². The fourth-order valence-electron chi connectivity index (χ4n) is 6.09. The van der Waals surface area contributed by atoms with Crippen LogP contribution < -0.4 is 0 Å². The predicted molar refractivity (Wildman–Crippen MR) is 206 cm³/mol. The van der Waals surface area contributed by atoms with Gasteiger partial charge in [-0.25, -0.2) is 0 Å². The van der Waals surface area contributed by atoms with Crippen molar-refractivity contribution in [3.63, 3.8) is 0 Å². The number of hydrogen-bond donors (Lipinski definition) is 0.